The molecule has 0 unspecified atom stereocenters. The predicted molar refractivity (Wildman–Crippen MR) is 110 cm³/mol. The van der Waals surface area contributed by atoms with Crippen molar-refractivity contribution in [2.75, 3.05) is 0 Å². The Morgan fingerprint density at radius 1 is 1.07 bits per heavy atom. The quantitative estimate of drug-likeness (QED) is 0.368. The van der Waals surface area contributed by atoms with Gasteiger partial charge in [-0.15, -0.1) is 0 Å². The Morgan fingerprint density at radius 3 is 2.40 bits per heavy atom. The SMILES string of the molecule is C[C@@H](Oc1ccc(-c2ccccc2)cc1)C(=O)NN=Cc1cc([N+](=O)[O-])ccc1[O-]. The molecule has 0 spiro atoms. The minimum atomic E-state index is -0.846. The van der Waals surface area contributed by atoms with Gasteiger partial charge in [-0.05, 0) is 35.7 Å². The number of rotatable bonds is 7. The van der Waals surface area contributed by atoms with Crippen molar-refractivity contribution in [2.24, 2.45) is 5.10 Å². The van der Waals surface area contributed by atoms with E-state index in [1.807, 2.05) is 42.5 Å². The van der Waals surface area contributed by atoms with Gasteiger partial charge in [0.1, 0.15) is 5.75 Å². The summed E-state index contributed by atoms with van der Waals surface area (Å²) < 4.78 is 5.61. The van der Waals surface area contributed by atoms with Crippen LogP contribution in [0.4, 0.5) is 5.69 Å². The summed E-state index contributed by atoms with van der Waals surface area (Å²) in [5.74, 6) is -0.459. The van der Waals surface area contributed by atoms with Gasteiger partial charge in [-0.2, -0.15) is 5.10 Å². The van der Waals surface area contributed by atoms with Gasteiger partial charge in [0.25, 0.3) is 11.6 Å². The fraction of sp³-hybridized carbons (Fsp3) is 0.0909. The maximum Gasteiger partial charge on any atom is 0.280 e. The third-order valence-electron chi connectivity index (χ3n) is 4.23. The minimum Gasteiger partial charge on any atom is -0.872 e. The molecular weight excluding hydrogens is 386 g/mol. The highest BCUT2D eigenvalue weighted by Gasteiger charge is 2.14. The average molecular weight is 404 g/mol. The topological polar surface area (TPSA) is 117 Å². The van der Waals surface area contributed by atoms with Gasteiger partial charge >= 0.3 is 0 Å². The summed E-state index contributed by atoms with van der Waals surface area (Å²) in [5, 5.41) is 26.2. The molecule has 0 aliphatic rings. The molecule has 0 saturated carbocycles. The zero-order chi connectivity index (χ0) is 21.5. The summed E-state index contributed by atoms with van der Waals surface area (Å²) >= 11 is 0. The second-order valence-electron chi connectivity index (χ2n) is 6.36. The summed E-state index contributed by atoms with van der Waals surface area (Å²) in [7, 11) is 0. The second-order valence-corrected chi connectivity index (χ2v) is 6.36. The molecule has 8 nitrogen and oxygen atoms in total. The first kappa shape index (κ1) is 20.5. The molecule has 152 valence electrons. The first-order valence-electron chi connectivity index (χ1n) is 9.04. The highest BCUT2D eigenvalue weighted by atomic mass is 16.6. The Labute approximate surface area is 172 Å². The average Bonchev–Trinajstić information content (AvgIpc) is 2.76. The summed E-state index contributed by atoms with van der Waals surface area (Å²) in [6.45, 7) is 1.56. The third-order valence-corrected chi connectivity index (χ3v) is 4.23. The molecule has 0 saturated heterocycles. The van der Waals surface area contributed by atoms with E-state index in [1.54, 1.807) is 19.1 Å². The molecule has 1 N–H and O–H groups in total. The molecule has 3 aromatic rings. The molecule has 30 heavy (non-hydrogen) atoms. The summed E-state index contributed by atoms with van der Waals surface area (Å²) in [4.78, 5) is 22.3. The van der Waals surface area contributed by atoms with Crippen LogP contribution in [0.15, 0.2) is 77.9 Å². The first-order chi connectivity index (χ1) is 14.4. The van der Waals surface area contributed by atoms with E-state index in [2.05, 4.69) is 10.5 Å². The minimum absolute atomic E-state index is 0.00503. The molecule has 0 aliphatic heterocycles. The van der Waals surface area contributed by atoms with Gasteiger partial charge in [-0.25, -0.2) is 5.43 Å². The van der Waals surface area contributed by atoms with Crippen LogP contribution < -0.4 is 15.3 Å². The number of nitro groups is 1. The van der Waals surface area contributed by atoms with Crippen molar-refractivity contribution in [3.63, 3.8) is 0 Å². The van der Waals surface area contributed by atoms with E-state index < -0.39 is 22.7 Å². The van der Waals surface area contributed by atoms with E-state index in [9.17, 15) is 20.0 Å². The Morgan fingerprint density at radius 2 is 1.73 bits per heavy atom. The molecule has 0 heterocycles. The van der Waals surface area contributed by atoms with E-state index in [0.29, 0.717) is 5.75 Å². The van der Waals surface area contributed by atoms with E-state index in [4.69, 9.17) is 4.74 Å². The van der Waals surface area contributed by atoms with Gasteiger partial charge in [0.15, 0.2) is 6.10 Å². The Hall–Kier alpha value is -4.20. The number of hydrogen-bond acceptors (Lipinski definition) is 6. The summed E-state index contributed by atoms with van der Waals surface area (Å²) in [6.07, 6.45) is 0.218. The second kappa shape index (κ2) is 9.33. The number of carbonyl (C=O) groups excluding carboxylic acids is 1. The molecule has 0 fully saturated rings. The van der Waals surface area contributed by atoms with Crippen molar-refractivity contribution in [2.45, 2.75) is 13.0 Å². The molecule has 3 aromatic carbocycles. The smallest absolute Gasteiger partial charge is 0.280 e. The number of hydrazone groups is 1. The number of benzene rings is 3. The van der Waals surface area contributed by atoms with Crippen molar-refractivity contribution in [1.82, 2.24) is 5.43 Å². The molecule has 0 aromatic heterocycles. The van der Waals surface area contributed by atoms with Crippen molar-refractivity contribution < 1.29 is 19.6 Å². The first-order valence-corrected chi connectivity index (χ1v) is 9.04. The maximum absolute atomic E-state index is 12.1. The molecule has 1 amide bonds. The van der Waals surface area contributed by atoms with Crippen LogP contribution in [0.5, 0.6) is 11.5 Å². The van der Waals surface area contributed by atoms with Crippen LogP contribution in [0.1, 0.15) is 12.5 Å². The fourth-order valence-electron chi connectivity index (χ4n) is 2.62. The maximum atomic E-state index is 12.1. The number of carbonyl (C=O) groups is 1. The van der Waals surface area contributed by atoms with Crippen molar-refractivity contribution >= 4 is 17.8 Å². The van der Waals surface area contributed by atoms with Crippen molar-refractivity contribution in [1.29, 1.82) is 0 Å². The Balaban J connectivity index is 1.58. The number of nitrogens with one attached hydrogen (secondary N) is 1. The van der Waals surface area contributed by atoms with Gasteiger partial charge in [-0.1, -0.05) is 54.3 Å². The summed E-state index contributed by atoms with van der Waals surface area (Å²) in [5.41, 5.74) is 4.11. The van der Waals surface area contributed by atoms with Gasteiger partial charge in [-0.3, -0.25) is 14.9 Å². The van der Waals surface area contributed by atoms with Crippen LogP contribution in [0, 0.1) is 10.1 Å². The van der Waals surface area contributed by atoms with Crippen LogP contribution in [0.25, 0.3) is 11.1 Å². The molecule has 8 heteroatoms. The van der Waals surface area contributed by atoms with Crippen LogP contribution in [-0.2, 0) is 4.79 Å². The lowest BCUT2D eigenvalue weighted by atomic mass is 10.1. The highest BCUT2D eigenvalue weighted by molar-refractivity contribution is 5.86. The normalized spacial score (nSPS) is 11.8. The molecular formula is C22H18N3O5-. The van der Waals surface area contributed by atoms with E-state index in [-0.39, 0.29) is 11.3 Å². The molecule has 0 bridgehead atoms. The van der Waals surface area contributed by atoms with E-state index in [1.165, 1.54) is 0 Å². The number of ether oxygens (including phenoxy) is 1. The van der Waals surface area contributed by atoms with E-state index >= 15 is 0 Å². The van der Waals surface area contributed by atoms with Gasteiger partial charge in [0.05, 0.1) is 11.1 Å². The number of amides is 1. The molecule has 3 rings (SSSR count). The highest BCUT2D eigenvalue weighted by Crippen LogP contribution is 2.23. The van der Waals surface area contributed by atoms with Gasteiger partial charge in [0, 0.05) is 12.1 Å². The monoisotopic (exact) mass is 404 g/mol. The van der Waals surface area contributed by atoms with Gasteiger partial charge < -0.3 is 9.84 Å². The molecule has 0 radical (unpaired) electrons. The largest absolute Gasteiger partial charge is 0.872 e. The summed E-state index contributed by atoms with van der Waals surface area (Å²) in [6, 6.07) is 20.4. The van der Waals surface area contributed by atoms with Crippen molar-refractivity contribution in [3.8, 4) is 22.6 Å². The van der Waals surface area contributed by atoms with Crippen LogP contribution in [0.3, 0.4) is 0 Å². The zero-order valence-corrected chi connectivity index (χ0v) is 16.0. The van der Waals surface area contributed by atoms with Crippen LogP contribution >= 0.6 is 0 Å². The number of hydrogen-bond donors (Lipinski definition) is 1. The van der Waals surface area contributed by atoms with E-state index in [0.717, 1.165) is 35.5 Å². The van der Waals surface area contributed by atoms with Gasteiger partial charge in [0.2, 0.25) is 0 Å². The number of nitrogens with zero attached hydrogens (tertiary/aromatic N) is 2. The lowest BCUT2D eigenvalue weighted by Crippen LogP contribution is -2.33. The molecule has 0 aliphatic carbocycles. The van der Waals surface area contributed by atoms with Crippen LogP contribution in [0.2, 0.25) is 0 Å². The number of nitro benzene ring substituents is 1. The number of non-ortho nitro benzene ring substituents is 1. The Bertz CT molecular complexity index is 1070. The fourth-order valence-corrected chi connectivity index (χ4v) is 2.62. The standard InChI is InChI=1S/C22H19N3O5/c1-15(30-20-10-7-17(8-11-20)16-5-3-2-4-6-16)22(27)24-23-14-18-13-19(25(28)29)9-12-21(18)26/h2-15,26H,1H3,(H,24,27)/p-1/t15-/m1/s1. The van der Waals surface area contributed by atoms with Crippen molar-refractivity contribution in [3.05, 3.63) is 88.5 Å². The van der Waals surface area contributed by atoms with Crippen LogP contribution in [-0.4, -0.2) is 23.1 Å². The predicted octanol–water partition coefficient (Wildman–Crippen LogP) is 3.25. The lowest BCUT2D eigenvalue weighted by Gasteiger charge is -2.13. The zero-order valence-electron chi connectivity index (χ0n) is 16.0. The Kier molecular flexibility index (Phi) is 6.39. The lowest BCUT2D eigenvalue weighted by molar-refractivity contribution is -0.385. The third kappa shape index (κ3) is 5.20. The molecule has 1 atom stereocenters.